The third kappa shape index (κ3) is 2.20. The molecule has 0 bridgehead atoms. The first-order valence-corrected chi connectivity index (χ1v) is 5.52. The van der Waals surface area contributed by atoms with Crippen molar-refractivity contribution in [2.45, 2.75) is 19.8 Å². The summed E-state index contributed by atoms with van der Waals surface area (Å²) in [6.07, 6.45) is 3.39. The fraction of sp³-hybridized carbons (Fsp3) is 0.231. The van der Waals surface area contributed by atoms with Crippen molar-refractivity contribution in [2.75, 3.05) is 0 Å². The second-order valence-electron chi connectivity index (χ2n) is 3.76. The molecule has 0 atom stereocenters. The van der Waals surface area contributed by atoms with Crippen molar-refractivity contribution < 1.29 is 14.4 Å². The van der Waals surface area contributed by atoms with Crippen molar-refractivity contribution in [2.24, 2.45) is 0 Å². The molecule has 1 heterocycles. The van der Waals surface area contributed by atoms with Gasteiger partial charge in [-0.25, -0.2) is 4.79 Å². The Morgan fingerprint density at radius 3 is 2.88 bits per heavy atom. The van der Waals surface area contributed by atoms with Crippen molar-refractivity contribution in [3.8, 4) is 0 Å². The van der Waals surface area contributed by atoms with Gasteiger partial charge in [-0.3, -0.25) is 4.79 Å². The Morgan fingerprint density at radius 2 is 2.18 bits per heavy atom. The van der Waals surface area contributed by atoms with E-state index in [9.17, 15) is 9.59 Å². The van der Waals surface area contributed by atoms with Gasteiger partial charge >= 0.3 is 5.97 Å². The maximum Gasteiger partial charge on any atom is 0.332 e. The first-order chi connectivity index (χ1) is 8.26. The van der Waals surface area contributed by atoms with Gasteiger partial charge < -0.3 is 4.84 Å². The standard InChI is InChI=1S/C13H13NO3/c1-2-5-13(16)17-14-8-10(9-15)11-6-3-4-7-12(11)14/h3-4,6-9H,2,5H2,1H3. The van der Waals surface area contributed by atoms with E-state index >= 15 is 0 Å². The van der Waals surface area contributed by atoms with Crippen LogP contribution in [0.1, 0.15) is 30.1 Å². The zero-order valence-electron chi connectivity index (χ0n) is 9.55. The van der Waals surface area contributed by atoms with Gasteiger partial charge in [0, 0.05) is 17.4 Å². The highest BCUT2D eigenvalue weighted by Crippen LogP contribution is 2.18. The van der Waals surface area contributed by atoms with E-state index in [0.29, 0.717) is 12.0 Å². The highest BCUT2D eigenvalue weighted by atomic mass is 16.7. The predicted octanol–water partition coefficient (Wildman–Crippen LogP) is 2.21. The molecule has 4 heteroatoms. The van der Waals surface area contributed by atoms with Crippen molar-refractivity contribution in [1.82, 2.24) is 4.73 Å². The van der Waals surface area contributed by atoms with E-state index in [0.717, 1.165) is 23.6 Å². The molecule has 0 amide bonds. The third-order valence-electron chi connectivity index (χ3n) is 2.49. The molecule has 0 aliphatic rings. The molecule has 2 rings (SSSR count). The van der Waals surface area contributed by atoms with Crippen LogP contribution < -0.4 is 4.84 Å². The van der Waals surface area contributed by atoms with E-state index in [1.165, 1.54) is 10.9 Å². The van der Waals surface area contributed by atoms with E-state index in [4.69, 9.17) is 4.84 Å². The summed E-state index contributed by atoms with van der Waals surface area (Å²) >= 11 is 0. The molecule has 0 spiro atoms. The van der Waals surface area contributed by atoms with E-state index in [2.05, 4.69) is 0 Å². The second kappa shape index (κ2) is 4.82. The molecule has 2 aromatic rings. The van der Waals surface area contributed by atoms with Gasteiger partial charge in [-0.2, -0.15) is 4.73 Å². The quantitative estimate of drug-likeness (QED) is 0.758. The highest BCUT2D eigenvalue weighted by molar-refractivity contribution is 5.97. The third-order valence-corrected chi connectivity index (χ3v) is 2.49. The molecule has 17 heavy (non-hydrogen) atoms. The minimum atomic E-state index is -0.300. The lowest BCUT2D eigenvalue weighted by Crippen LogP contribution is -2.18. The van der Waals surface area contributed by atoms with Gasteiger partial charge in [0.25, 0.3) is 0 Å². The van der Waals surface area contributed by atoms with Crippen molar-refractivity contribution >= 4 is 23.2 Å². The summed E-state index contributed by atoms with van der Waals surface area (Å²) in [5.41, 5.74) is 1.24. The number of carbonyl (C=O) groups is 2. The number of hydrogen-bond donors (Lipinski definition) is 0. The molecule has 1 aromatic heterocycles. The number of nitrogens with zero attached hydrogens (tertiary/aromatic N) is 1. The Labute approximate surface area is 98.7 Å². The smallest absolute Gasteiger partial charge is 0.332 e. The van der Waals surface area contributed by atoms with Crippen molar-refractivity contribution in [3.05, 3.63) is 36.0 Å². The van der Waals surface area contributed by atoms with Gasteiger partial charge in [0.05, 0.1) is 11.7 Å². The van der Waals surface area contributed by atoms with Gasteiger partial charge in [-0.1, -0.05) is 25.1 Å². The van der Waals surface area contributed by atoms with Crippen LogP contribution in [0.3, 0.4) is 0 Å². The molecule has 4 nitrogen and oxygen atoms in total. The van der Waals surface area contributed by atoms with Crippen LogP contribution in [0.5, 0.6) is 0 Å². The molecule has 0 aliphatic carbocycles. The van der Waals surface area contributed by atoms with Crippen LogP contribution in [-0.4, -0.2) is 17.0 Å². The van der Waals surface area contributed by atoms with Crippen LogP contribution in [0.2, 0.25) is 0 Å². The van der Waals surface area contributed by atoms with Crippen molar-refractivity contribution in [3.63, 3.8) is 0 Å². The molecular formula is C13H13NO3. The van der Waals surface area contributed by atoms with Gasteiger partial charge in [-0.15, -0.1) is 0 Å². The molecule has 0 radical (unpaired) electrons. The number of benzene rings is 1. The average molecular weight is 231 g/mol. The Balaban J connectivity index is 2.40. The van der Waals surface area contributed by atoms with Crippen molar-refractivity contribution in [1.29, 1.82) is 0 Å². The van der Waals surface area contributed by atoms with Crippen LogP contribution in [0, 0.1) is 0 Å². The average Bonchev–Trinajstić information content (AvgIpc) is 2.68. The Hall–Kier alpha value is -2.10. The zero-order valence-corrected chi connectivity index (χ0v) is 9.55. The Kier molecular flexibility index (Phi) is 3.23. The number of fused-ring (bicyclic) bond motifs is 1. The topological polar surface area (TPSA) is 48.3 Å². The van der Waals surface area contributed by atoms with Crippen LogP contribution in [0.25, 0.3) is 10.9 Å². The number of rotatable bonds is 4. The van der Waals surface area contributed by atoms with E-state index < -0.39 is 0 Å². The zero-order chi connectivity index (χ0) is 12.3. The number of hydrogen-bond acceptors (Lipinski definition) is 3. The van der Waals surface area contributed by atoms with Crippen LogP contribution in [0.4, 0.5) is 0 Å². The number of para-hydroxylation sites is 1. The molecule has 0 N–H and O–H groups in total. The highest BCUT2D eigenvalue weighted by Gasteiger charge is 2.10. The molecule has 0 fully saturated rings. The van der Waals surface area contributed by atoms with E-state index in [1.54, 1.807) is 0 Å². The summed E-state index contributed by atoms with van der Waals surface area (Å²) in [6, 6.07) is 7.30. The molecule has 1 aromatic carbocycles. The maximum absolute atomic E-state index is 11.4. The minimum Gasteiger partial charge on any atom is -0.337 e. The Bertz CT molecular complexity index is 557. The van der Waals surface area contributed by atoms with Gasteiger partial charge in [-0.05, 0) is 12.5 Å². The lowest BCUT2D eigenvalue weighted by atomic mass is 10.2. The molecule has 0 unspecified atom stereocenters. The fourth-order valence-corrected chi connectivity index (χ4v) is 1.70. The van der Waals surface area contributed by atoms with Crippen LogP contribution in [0.15, 0.2) is 30.5 Å². The monoisotopic (exact) mass is 231 g/mol. The van der Waals surface area contributed by atoms with Gasteiger partial charge in [0.1, 0.15) is 0 Å². The first-order valence-electron chi connectivity index (χ1n) is 5.52. The first kappa shape index (κ1) is 11.4. The number of aldehydes is 1. The van der Waals surface area contributed by atoms with Crippen LogP contribution >= 0.6 is 0 Å². The summed E-state index contributed by atoms with van der Waals surface area (Å²) in [5.74, 6) is -0.300. The molecular weight excluding hydrogens is 218 g/mol. The molecule has 0 saturated heterocycles. The summed E-state index contributed by atoms with van der Waals surface area (Å²) in [7, 11) is 0. The van der Waals surface area contributed by atoms with E-state index in [1.807, 2.05) is 31.2 Å². The number of aromatic nitrogens is 1. The molecule has 0 saturated carbocycles. The van der Waals surface area contributed by atoms with Crippen LogP contribution in [-0.2, 0) is 4.79 Å². The van der Waals surface area contributed by atoms with Gasteiger partial charge in [0.2, 0.25) is 0 Å². The largest absolute Gasteiger partial charge is 0.337 e. The predicted molar refractivity (Wildman–Crippen MR) is 63.8 cm³/mol. The number of carbonyl (C=O) groups excluding carboxylic acids is 2. The fourth-order valence-electron chi connectivity index (χ4n) is 1.70. The maximum atomic E-state index is 11.4. The minimum absolute atomic E-state index is 0.300. The molecule has 0 aliphatic heterocycles. The second-order valence-corrected chi connectivity index (χ2v) is 3.76. The normalized spacial score (nSPS) is 10.4. The van der Waals surface area contributed by atoms with E-state index in [-0.39, 0.29) is 5.97 Å². The summed E-state index contributed by atoms with van der Waals surface area (Å²) < 4.78 is 1.36. The summed E-state index contributed by atoms with van der Waals surface area (Å²) in [6.45, 7) is 1.91. The van der Waals surface area contributed by atoms with Gasteiger partial charge in [0.15, 0.2) is 6.29 Å². The lowest BCUT2D eigenvalue weighted by Gasteiger charge is -2.04. The summed E-state index contributed by atoms with van der Waals surface area (Å²) in [4.78, 5) is 27.5. The SMILES string of the molecule is CCCC(=O)On1cc(C=O)c2ccccc21. The Morgan fingerprint density at radius 1 is 1.41 bits per heavy atom. The summed E-state index contributed by atoms with van der Waals surface area (Å²) in [5, 5.41) is 0.784. The molecule has 88 valence electrons. The lowest BCUT2D eigenvalue weighted by molar-refractivity contribution is -0.143.